The molecule has 0 bridgehead atoms. The molecule has 4 heteroatoms. The molecule has 3 aromatic carbocycles. The number of hydrogen-bond donors (Lipinski definition) is 1. The van der Waals surface area contributed by atoms with Crippen molar-refractivity contribution in [3.8, 4) is 0 Å². The van der Waals surface area contributed by atoms with Crippen molar-refractivity contribution in [2.45, 2.75) is 11.8 Å². The molecule has 0 saturated carbocycles. The Bertz CT molecular complexity index is 860. The van der Waals surface area contributed by atoms with Gasteiger partial charge in [-0.1, -0.05) is 42.5 Å². The van der Waals surface area contributed by atoms with Crippen molar-refractivity contribution in [2.75, 3.05) is 50.0 Å². The predicted octanol–water partition coefficient (Wildman–Crippen LogP) is 5.04. The zero-order chi connectivity index (χ0) is 22.6. The molecule has 0 amide bonds. The predicted molar refractivity (Wildman–Crippen MR) is 135 cm³/mol. The van der Waals surface area contributed by atoms with Crippen LogP contribution in [0.25, 0.3) is 0 Å². The van der Waals surface area contributed by atoms with E-state index in [-0.39, 0.29) is 5.41 Å². The first-order valence-corrected chi connectivity index (χ1v) is 10.5. The van der Waals surface area contributed by atoms with E-state index in [0.717, 1.165) is 12.1 Å². The molecular formula is C27H34N4. The highest BCUT2D eigenvalue weighted by Crippen LogP contribution is 2.43. The van der Waals surface area contributed by atoms with Crippen molar-refractivity contribution in [3.05, 3.63) is 102 Å². The third kappa shape index (κ3) is 4.44. The Hall–Kier alpha value is -3.24. The minimum absolute atomic E-state index is 0.344. The molecule has 0 atom stereocenters. The SMILES string of the molecule is C=CCC(c1ccc(N(C)C)cc1)(c1ccc(N(C)C)cc1)c1ccc(N(C)N)cc1. The Balaban J connectivity index is 2.24. The maximum Gasteiger partial charge on any atom is 0.0514 e. The van der Waals surface area contributed by atoms with Crippen LogP contribution in [0.15, 0.2) is 85.5 Å². The van der Waals surface area contributed by atoms with E-state index in [1.165, 1.54) is 28.1 Å². The van der Waals surface area contributed by atoms with Crippen LogP contribution in [0.5, 0.6) is 0 Å². The topological polar surface area (TPSA) is 35.7 Å². The van der Waals surface area contributed by atoms with Crippen LogP contribution in [0.2, 0.25) is 0 Å². The van der Waals surface area contributed by atoms with Crippen molar-refractivity contribution < 1.29 is 0 Å². The molecule has 2 N–H and O–H groups in total. The van der Waals surface area contributed by atoms with Crippen molar-refractivity contribution in [1.29, 1.82) is 0 Å². The Kier molecular flexibility index (Phi) is 6.71. The van der Waals surface area contributed by atoms with Crippen LogP contribution in [0.4, 0.5) is 17.1 Å². The van der Waals surface area contributed by atoms with Crippen LogP contribution in [-0.2, 0) is 5.41 Å². The number of nitrogens with two attached hydrogens (primary N) is 1. The smallest absolute Gasteiger partial charge is 0.0514 e. The standard InChI is InChI=1S/C27H34N4/c1-7-20-27(21-8-14-24(15-9-21)29(2)3,22-10-16-25(17-11-22)30(4)5)23-12-18-26(19-13-23)31(6)28/h7-19H,1,20,28H2,2-6H3. The molecule has 0 spiro atoms. The molecule has 0 aromatic heterocycles. The lowest BCUT2D eigenvalue weighted by molar-refractivity contribution is 0.628. The molecule has 4 nitrogen and oxygen atoms in total. The van der Waals surface area contributed by atoms with Gasteiger partial charge in [0.05, 0.1) is 5.69 Å². The van der Waals surface area contributed by atoms with Crippen molar-refractivity contribution in [2.24, 2.45) is 5.84 Å². The number of hydrazine groups is 1. The third-order valence-electron chi connectivity index (χ3n) is 5.97. The van der Waals surface area contributed by atoms with E-state index in [4.69, 9.17) is 5.84 Å². The van der Waals surface area contributed by atoms with Crippen LogP contribution in [0.1, 0.15) is 23.1 Å². The fourth-order valence-electron chi connectivity index (χ4n) is 4.14. The zero-order valence-electron chi connectivity index (χ0n) is 19.3. The highest BCUT2D eigenvalue weighted by atomic mass is 15.4. The fourth-order valence-corrected chi connectivity index (χ4v) is 4.14. The summed E-state index contributed by atoms with van der Waals surface area (Å²) in [7, 11) is 10.1. The summed E-state index contributed by atoms with van der Waals surface area (Å²) in [5.74, 6) is 5.95. The first-order valence-electron chi connectivity index (χ1n) is 10.5. The van der Waals surface area contributed by atoms with Gasteiger partial charge in [0.1, 0.15) is 0 Å². The van der Waals surface area contributed by atoms with Gasteiger partial charge in [-0.05, 0) is 59.5 Å². The molecule has 0 aliphatic heterocycles. The Morgan fingerprint density at radius 3 is 1.23 bits per heavy atom. The first-order chi connectivity index (χ1) is 14.8. The number of nitrogens with zero attached hydrogens (tertiary/aromatic N) is 3. The summed E-state index contributed by atoms with van der Waals surface area (Å²) in [5.41, 5.74) is 6.69. The van der Waals surface area contributed by atoms with Crippen LogP contribution in [0, 0.1) is 0 Å². The maximum absolute atomic E-state index is 5.95. The summed E-state index contributed by atoms with van der Waals surface area (Å²) in [4.78, 5) is 4.24. The van der Waals surface area contributed by atoms with E-state index in [0.29, 0.717) is 0 Å². The second kappa shape index (κ2) is 9.27. The minimum Gasteiger partial charge on any atom is -0.378 e. The van der Waals surface area contributed by atoms with Crippen LogP contribution >= 0.6 is 0 Å². The average Bonchev–Trinajstić information content (AvgIpc) is 2.78. The van der Waals surface area contributed by atoms with E-state index in [1.54, 1.807) is 5.01 Å². The van der Waals surface area contributed by atoms with E-state index in [2.05, 4.69) is 117 Å². The van der Waals surface area contributed by atoms with Gasteiger partial charge in [0, 0.05) is 52.0 Å². The van der Waals surface area contributed by atoms with Crippen molar-refractivity contribution in [1.82, 2.24) is 0 Å². The monoisotopic (exact) mass is 414 g/mol. The van der Waals surface area contributed by atoms with Crippen LogP contribution in [-0.4, -0.2) is 35.2 Å². The van der Waals surface area contributed by atoms with Crippen molar-refractivity contribution >= 4 is 17.1 Å². The number of benzene rings is 3. The second-order valence-corrected chi connectivity index (χ2v) is 8.44. The second-order valence-electron chi connectivity index (χ2n) is 8.44. The summed E-state index contributed by atoms with van der Waals surface area (Å²) < 4.78 is 0. The van der Waals surface area contributed by atoms with Gasteiger partial charge < -0.3 is 14.8 Å². The summed E-state index contributed by atoms with van der Waals surface area (Å²) >= 11 is 0. The fraction of sp³-hybridized carbons (Fsp3) is 0.259. The lowest BCUT2D eigenvalue weighted by Crippen LogP contribution is -2.30. The molecule has 31 heavy (non-hydrogen) atoms. The van der Waals surface area contributed by atoms with Gasteiger partial charge in [-0.25, -0.2) is 5.84 Å². The lowest BCUT2D eigenvalue weighted by Gasteiger charge is -2.36. The summed E-state index contributed by atoms with van der Waals surface area (Å²) in [5, 5.41) is 1.64. The van der Waals surface area contributed by atoms with Gasteiger partial charge in [0.25, 0.3) is 0 Å². The van der Waals surface area contributed by atoms with E-state index >= 15 is 0 Å². The van der Waals surface area contributed by atoms with Gasteiger partial charge in [0.2, 0.25) is 0 Å². The quantitative estimate of drug-likeness (QED) is 0.242. The highest BCUT2D eigenvalue weighted by Gasteiger charge is 2.35. The largest absolute Gasteiger partial charge is 0.378 e. The molecule has 3 aromatic rings. The maximum atomic E-state index is 5.95. The highest BCUT2D eigenvalue weighted by molar-refractivity contribution is 5.59. The molecule has 0 aliphatic rings. The Morgan fingerprint density at radius 2 is 0.968 bits per heavy atom. The van der Waals surface area contributed by atoms with Gasteiger partial charge >= 0.3 is 0 Å². The molecule has 0 unspecified atom stereocenters. The van der Waals surface area contributed by atoms with Gasteiger partial charge in [-0.3, -0.25) is 0 Å². The minimum atomic E-state index is -0.344. The molecule has 0 heterocycles. The number of anilines is 3. The molecular weight excluding hydrogens is 380 g/mol. The van der Waals surface area contributed by atoms with Crippen LogP contribution < -0.4 is 20.7 Å². The normalized spacial score (nSPS) is 11.2. The van der Waals surface area contributed by atoms with E-state index in [1.807, 2.05) is 13.1 Å². The molecule has 0 aliphatic carbocycles. The van der Waals surface area contributed by atoms with E-state index in [9.17, 15) is 0 Å². The lowest BCUT2D eigenvalue weighted by atomic mass is 9.67. The molecule has 0 fully saturated rings. The Morgan fingerprint density at radius 1 is 0.645 bits per heavy atom. The summed E-state index contributed by atoms with van der Waals surface area (Å²) in [6.45, 7) is 4.11. The van der Waals surface area contributed by atoms with Gasteiger partial charge in [-0.15, -0.1) is 6.58 Å². The number of allylic oxidation sites excluding steroid dienone is 1. The van der Waals surface area contributed by atoms with Gasteiger partial charge in [0.15, 0.2) is 0 Å². The zero-order valence-corrected chi connectivity index (χ0v) is 19.3. The third-order valence-corrected chi connectivity index (χ3v) is 5.97. The summed E-state index contributed by atoms with van der Waals surface area (Å²) in [6, 6.07) is 26.2. The molecule has 0 saturated heterocycles. The Labute approximate surface area is 187 Å². The van der Waals surface area contributed by atoms with Crippen molar-refractivity contribution in [3.63, 3.8) is 0 Å². The molecule has 3 rings (SSSR count). The molecule has 0 radical (unpaired) electrons. The van der Waals surface area contributed by atoms with Crippen LogP contribution in [0.3, 0.4) is 0 Å². The summed E-state index contributed by atoms with van der Waals surface area (Å²) in [6.07, 6.45) is 2.80. The first kappa shape index (κ1) is 22.4. The number of hydrogen-bond acceptors (Lipinski definition) is 4. The average molecular weight is 415 g/mol. The van der Waals surface area contributed by atoms with Gasteiger partial charge in [-0.2, -0.15) is 0 Å². The van der Waals surface area contributed by atoms with E-state index < -0.39 is 0 Å². The molecule has 162 valence electrons. The number of rotatable bonds is 8.